The minimum atomic E-state index is -0.799. The number of rotatable bonds is 4. The van der Waals surface area contributed by atoms with Crippen LogP contribution in [0.5, 0.6) is 0 Å². The average molecular weight is 308 g/mol. The first-order valence-corrected chi connectivity index (χ1v) is 7.29. The van der Waals surface area contributed by atoms with Crippen molar-refractivity contribution < 1.29 is 14.4 Å². The van der Waals surface area contributed by atoms with Crippen molar-refractivity contribution in [3.05, 3.63) is 23.3 Å². The minimum Gasteiger partial charge on any atom is -0.366 e. The fraction of sp³-hybridized carbons (Fsp3) is 0.308. The van der Waals surface area contributed by atoms with E-state index in [1.165, 1.54) is 6.07 Å². The maximum atomic E-state index is 12.1. The first-order chi connectivity index (χ1) is 9.97. The lowest BCUT2D eigenvalue weighted by atomic mass is 9.99. The molecule has 1 heterocycles. The van der Waals surface area contributed by atoms with Gasteiger partial charge in [0.1, 0.15) is 5.00 Å². The van der Waals surface area contributed by atoms with Gasteiger partial charge in [-0.25, -0.2) is 4.79 Å². The molecule has 0 aromatic carbocycles. The number of hydrogen-bond donors (Lipinski definition) is 4. The highest BCUT2D eigenvalue weighted by molar-refractivity contribution is 7.20. The van der Waals surface area contributed by atoms with E-state index in [9.17, 15) is 14.4 Å². The Morgan fingerprint density at radius 3 is 2.48 bits per heavy atom. The molecule has 0 fully saturated rings. The summed E-state index contributed by atoms with van der Waals surface area (Å²) in [6, 6.07) is 0.631. The Kier molecular flexibility index (Phi) is 4.59. The molecule has 2 rings (SSSR count). The predicted octanol–water partition coefficient (Wildman–Crippen LogP) is 1.78. The summed E-state index contributed by atoms with van der Waals surface area (Å²) in [4.78, 5) is 34.3. The number of carbonyl (C=O) groups is 3. The van der Waals surface area contributed by atoms with Gasteiger partial charge >= 0.3 is 6.03 Å². The van der Waals surface area contributed by atoms with Crippen molar-refractivity contribution in [1.82, 2.24) is 0 Å². The van der Waals surface area contributed by atoms with Crippen molar-refractivity contribution in [1.29, 1.82) is 0 Å². The number of hydrogen-bond acceptors (Lipinski definition) is 4. The average Bonchev–Trinajstić information content (AvgIpc) is 2.81. The highest BCUT2D eigenvalue weighted by Gasteiger charge is 2.18. The third-order valence-electron chi connectivity index (χ3n) is 3.05. The molecule has 1 aromatic heterocycles. The van der Waals surface area contributed by atoms with Gasteiger partial charge < -0.3 is 16.8 Å². The lowest BCUT2D eigenvalue weighted by Gasteiger charge is -2.11. The Morgan fingerprint density at radius 1 is 1.14 bits per heavy atom. The van der Waals surface area contributed by atoms with Crippen LogP contribution in [0.2, 0.25) is 0 Å². The van der Waals surface area contributed by atoms with Gasteiger partial charge in [0.15, 0.2) is 0 Å². The number of anilines is 2. The third-order valence-corrected chi connectivity index (χ3v) is 4.02. The van der Waals surface area contributed by atoms with E-state index in [1.54, 1.807) is 0 Å². The Balaban J connectivity index is 2.16. The molecule has 1 aromatic rings. The summed E-state index contributed by atoms with van der Waals surface area (Å²) in [5.41, 5.74) is 11.1. The highest BCUT2D eigenvalue weighted by Crippen LogP contribution is 2.32. The van der Waals surface area contributed by atoms with Crippen molar-refractivity contribution in [3.8, 4) is 0 Å². The summed E-state index contributed by atoms with van der Waals surface area (Å²) in [7, 11) is 0. The van der Waals surface area contributed by atoms with Crippen LogP contribution in [0.15, 0.2) is 17.7 Å². The second kappa shape index (κ2) is 6.40. The van der Waals surface area contributed by atoms with E-state index >= 15 is 0 Å². The number of primary amides is 2. The number of nitrogens with one attached hydrogen (secondary N) is 2. The lowest BCUT2D eigenvalue weighted by Crippen LogP contribution is -2.21. The first-order valence-electron chi connectivity index (χ1n) is 6.48. The maximum absolute atomic E-state index is 12.1. The molecule has 0 saturated carbocycles. The van der Waals surface area contributed by atoms with Gasteiger partial charge in [0.05, 0.1) is 10.6 Å². The van der Waals surface area contributed by atoms with Gasteiger partial charge in [0.25, 0.3) is 11.8 Å². The van der Waals surface area contributed by atoms with Crippen molar-refractivity contribution in [2.45, 2.75) is 25.7 Å². The van der Waals surface area contributed by atoms with Crippen molar-refractivity contribution >= 4 is 39.2 Å². The molecule has 0 saturated heterocycles. The van der Waals surface area contributed by atoms with Crippen LogP contribution in [0.4, 0.5) is 14.8 Å². The summed E-state index contributed by atoms with van der Waals surface area (Å²) in [6.07, 6.45) is 5.64. The Bertz CT molecular complexity index is 621. The number of nitrogens with two attached hydrogens (primary N) is 2. The number of carbonyl (C=O) groups excluding carboxylic acids is 3. The predicted molar refractivity (Wildman–Crippen MR) is 81.2 cm³/mol. The quantitative estimate of drug-likeness (QED) is 0.676. The largest absolute Gasteiger partial charge is 0.366 e. The van der Waals surface area contributed by atoms with Crippen LogP contribution in [0, 0.1) is 0 Å². The van der Waals surface area contributed by atoms with Gasteiger partial charge in [0, 0.05) is 5.57 Å². The summed E-state index contributed by atoms with van der Waals surface area (Å²) in [5, 5.41) is 5.69. The van der Waals surface area contributed by atoms with Gasteiger partial charge in [-0.05, 0) is 31.7 Å². The van der Waals surface area contributed by atoms with E-state index in [1.807, 2.05) is 6.08 Å². The Labute approximate surface area is 125 Å². The molecule has 8 heteroatoms. The number of amides is 4. The monoisotopic (exact) mass is 308 g/mol. The molecule has 0 aliphatic heterocycles. The molecule has 0 spiro atoms. The van der Waals surface area contributed by atoms with Crippen LogP contribution in [0.25, 0.3) is 0 Å². The van der Waals surface area contributed by atoms with Gasteiger partial charge in [0.2, 0.25) is 0 Å². The molecule has 7 nitrogen and oxygen atoms in total. The molecule has 0 unspecified atom stereocenters. The smallest absolute Gasteiger partial charge is 0.317 e. The zero-order valence-electron chi connectivity index (χ0n) is 11.3. The van der Waals surface area contributed by atoms with Crippen molar-refractivity contribution in [2.75, 3.05) is 10.6 Å². The fourth-order valence-electron chi connectivity index (χ4n) is 2.08. The summed E-state index contributed by atoms with van der Waals surface area (Å²) < 4.78 is 0. The maximum Gasteiger partial charge on any atom is 0.317 e. The first kappa shape index (κ1) is 15.0. The van der Waals surface area contributed by atoms with Crippen LogP contribution < -0.4 is 22.1 Å². The number of urea groups is 1. The molecule has 21 heavy (non-hydrogen) atoms. The second-order valence-electron chi connectivity index (χ2n) is 4.64. The molecule has 0 atom stereocenters. The number of thiophene rings is 1. The van der Waals surface area contributed by atoms with E-state index in [0.29, 0.717) is 5.00 Å². The summed E-state index contributed by atoms with van der Waals surface area (Å²) in [6.45, 7) is 0. The fourth-order valence-corrected chi connectivity index (χ4v) is 3.04. The van der Waals surface area contributed by atoms with E-state index in [0.717, 1.165) is 42.6 Å². The van der Waals surface area contributed by atoms with Crippen LogP contribution in [0.1, 0.15) is 36.0 Å². The van der Waals surface area contributed by atoms with Crippen LogP contribution >= 0.6 is 11.3 Å². The molecular weight excluding hydrogens is 292 g/mol. The van der Waals surface area contributed by atoms with E-state index in [4.69, 9.17) is 11.5 Å². The standard InChI is InChI=1S/C13H16N4O3S/c14-10(18)8-6-9(21-12(8)17-13(15)20)16-11(19)7-4-2-1-3-5-7/h4,6H,1-3,5H2,(H2,14,18)(H,16,19)(H3,15,17,20). The topological polar surface area (TPSA) is 127 Å². The molecule has 4 amide bonds. The SMILES string of the molecule is NC(=O)Nc1sc(NC(=O)C2=CCCCC2)cc1C(N)=O. The molecule has 0 bridgehead atoms. The second-order valence-corrected chi connectivity index (χ2v) is 5.69. The molecule has 0 radical (unpaired) electrons. The molecular formula is C13H16N4O3S. The van der Waals surface area contributed by atoms with E-state index in [2.05, 4.69) is 10.6 Å². The van der Waals surface area contributed by atoms with E-state index in [-0.39, 0.29) is 16.5 Å². The summed E-state index contributed by atoms with van der Waals surface area (Å²) >= 11 is 1.04. The van der Waals surface area contributed by atoms with Gasteiger partial charge in [-0.1, -0.05) is 17.4 Å². The number of allylic oxidation sites excluding steroid dienone is 1. The zero-order chi connectivity index (χ0) is 15.4. The summed E-state index contributed by atoms with van der Waals surface area (Å²) in [5.74, 6) is -0.898. The molecule has 112 valence electrons. The lowest BCUT2D eigenvalue weighted by molar-refractivity contribution is -0.113. The van der Waals surface area contributed by atoms with Gasteiger partial charge in [-0.15, -0.1) is 0 Å². The Morgan fingerprint density at radius 2 is 1.90 bits per heavy atom. The van der Waals surface area contributed by atoms with Crippen LogP contribution in [0.3, 0.4) is 0 Å². The van der Waals surface area contributed by atoms with Crippen molar-refractivity contribution in [2.24, 2.45) is 11.5 Å². The molecule has 1 aliphatic carbocycles. The molecule has 1 aliphatic rings. The highest BCUT2D eigenvalue weighted by atomic mass is 32.1. The van der Waals surface area contributed by atoms with E-state index < -0.39 is 11.9 Å². The van der Waals surface area contributed by atoms with Crippen LogP contribution in [-0.2, 0) is 4.79 Å². The van der Waals surface area contributed by atoms with Gasteiger partial charge in [-0.2, -0.15) is 0 Å². The van der Waals surface area contributed by atoms with Crippen molar-refractivity contribution in [3.63, 3.8) is 0 Å². The minimum absolute atomic E-state index is 0.117. The zero-order valence-corrected chi connectivity index (χ0v) is 12.1. The Hall–Kier alpha value is -2.35. The normalized spacial score (nSPS) is 14.2. The molecule has 6 N–H and O–H groups in total. The third kappa shape index (κ3) is 3.82. The van der Waals surface area contributed by atoms with Crippen LogP contribution in [-0.4, -0.2) is 17.8 Å². The van der Waals surface area contributed by atoms with Gasteiger partial charge in [-0.3, -0.25) is 14.9 Å².